The molecule has 1 saturated heterocycles. The summed E-state index contributed by atoms with van der Waals surface area (Å²) in [6, 6.07) is 7.52. The van der Waals surface area contributed by atoms with Gasteiger partial charge in [0.15, 0.2) is 11.4 Å². The lowest BCUT2D eigenvalue weighted by atomic mass is 10.1. The summed E-state index contributed by atoms with van der Waals surface area (Å²) in [6.07, 6.45) is 2.55. The van der Waals surface area contributed by atoms with Gasteiger partial charge in [0.25, 0.3) is 5.89 Å². The molecule has 0 N–H and O–H groups in total. The molecule has 1 aliphatic heterocycles. The van der Waals surface area contributed by atoms with Crippen LogP contribution in [0, 0.1) is 32.1 Å². The Morgan fingerprint density at radius 2 is 1.97 bits per heavy atom. The molecule has 5 rings (SSSR count). The van der Waals surface area contributed by atoms with Crippen molar-refractivity contribution in [2.45, 2.75) is 33.6 Å². The van der Waals surface area contributed by atoms with Gasteiger partial charge in [-0.25, -0.2) is 9.50 Å². The molecule has 0 spiro atoms. The number of rotatable bonds is 5. The molecule has 174 valence electrons. The Hall–Kier alpha value is -4.13. The van der Waals surface area contributed by atoms with E-state index in [1.54, 1.807) is 12.1 Å². The van der Waals surface area contributed by atoms with Crippen LogP contribution in [0.25, 0.3) is 17.3 Å². The van der Waals surface area contributed by atoms with Gasteiger partial charge >= 0.3 is 0 Å². The fourth-order valence-electron chi connectivity index (χ4n) is 4.46. The predicted molar refractivity (Wildman–Crippen MR) is 123 cm³/mol. The standard InChI is InChI=1S/C24H25N7O3/c1-15-13-21-26-16(2)18(17(3)31(21)28-15)6-7-22(32)29-8-10-30(11-9-29)24-19(14-25)27-23(34-24)20-5-4-12-33-20/h4-5,12-13H,6-11H2,1-3H3. The second-order valence-electron chi connectivity index (χ2n) is 8.45. The highest BCUT2D eigenvalue weighted by atomic mass is 16.4. The highest BCUT2D eigenvalue weighted by molar-refractivity contribution is 5.77. The largest absolute Gasteiger partial charge is 0.459 e. The number of piperazine rings is 1. The quantitative estimate of drug-likeness (QED) is 0.447. The van der Waals surface area contributed by atoms with Crippen molar-refractivity contribution in [3.05, 3.63) is 52.8 Å². The van der Waals surface area contributed by atoms with E-state index in [4.69, 9.17) is 8.83 Å². The first-order valence-corrected chi connectivity index (χ1v) is 11.2. The van der Waals surface area contributed by atoms with E-state index >= 15 is 0 Å². The van der Waals surface area contributed by atoms with Gasteiger partial charge in [0.1, 0.15) is 6.07 Å². The van der Waals surface area contributed by atoms with Crippen molar-refractivity contribution in [2.75, 3.05) is 31.1 Å². The lowest BCUT2D eigenvalue weighted by Crippen LogP contribution is -2.49. The van der Waals surface area contributed by atoms with Gasteiger partial charge in [-0.05, 0) is 44.9 Å². The van der Waals surface area contributed by atoms with Gasteiger partial charge < -0.3 is 18.6 Å². The monoisotopic (exact) mass is 459 g/mol. The SMILES string of the molecule is Cc1cc2nc(C)c(CCC(=O)N3CCN(c4oc(-c5ccco5)nc4C#N)CC3)c(C)n2n1. The summed E-state index contributed by atoms with van der Waals surface area (Å²) >= 11 is 0. The minimum Gasteiger partial charge on any atom is -0.459 e. The summed E-state index contributed by atoms with van der Waals surface area (Å²) in [6.45, 7) is 8.17. The van der Waals surface area contributed by atoms with Crippen LogP contribution in [0.15, 0.2) is 33.3 Å². The molecule has 0 radical (unpaired) electrons. The van der Waals surface area contributed by atoms with Gasteiger partial charge in [-0.15, -0.1) is 0 Å². The lowest BCUT2D eigenvalue weighted by molar-refractivity contribution is -0.131. The number of oxazole rings is 1. The number of hydrogen-bond acceptors (Lipinski definition) is 8. The third-order valence-corrected chi connectivity index (χ3v) is 6.24. The van der Waals surface area contributed by atoms with Crippen LogP contribution in [0.1, 0.15) is 34.8 Å². The number of carbonyl (C=O) groups excluding carboxylic acids is 1. The Labute approximate surface area is 196 Å². The van der Waals surface area contributed by atoms with E-state index in [2.05, 4.69) is 21.1 Å². The van der Waals surface area contributed by atoms with Crippen molar-refractivity contribution in [3.63, 3.8) is 0 Å². The van der Waals surface area contributed by atoms with Crippen LogP contribution in [0.4, 0.5) is 5.88 Å². The Morgan fingerprint density at radius 1 is 1.18 bits per heavy atom. The molecule has 10 nitrogen and oxygen atoms in total. The maximum Gasteiger partial charge on any atom is 0.266 e. The summed E-state index contributed by atoms with van der Waals surface area (Å²) in [4.78, 5) is 25.7. The van der Waals surface area contributed by atoms with Crippen LogP contribution < -0.4 is 4.90 Å². The zero-order valence-corrected chi connectivity index (χ0v) is 19.4. The molecule has 0 saturated carbocycles. The first kappa shape index (κ1) is 21.7. The molecule has 0 bridgehead atoms. The average Bonchev–Trinajstić information content (AvgIpc) is 3.58. The Bertz CT molecular complexity index is 1390. The van der Waals surface area contributed by atoms with Crippen molar-refractivity contribution >= 4 is 17.4 Å². The van der Waals surface area contributed by atoms with Gasteiger partial charge in [-0.3, -0.25) is 4.79 Å². The topological polar surface area (TPSA) is 117 Å². The number of aryl methyl sites for hydroxylation is 3. The van der Waals surface area contributed by atoms with E-state index in [0.717, 1.165) is 28.3 Å². The minimum absolute atomic E-state index is 0.101. The number of nitrogens with zero attached hydrogens (tertiary/aromatic N) is 7. The summed E-state index contributed by atoms with van der Waals surface area (Å²) < 4.78 is 13.0. The summed E-state index contributed by atoms with van der Waals surface area (Å²) in [5.41, 5.74) is 4.99. The molecule has 10 heteroatoms. The van der Waals surface area contributed by atoms with Crippen molar-refractivity contribution in [2.24, 2.45) is 0 Å². The number of fused-ring (bicyclic) bond motifs is 1. The van der Waals surface area contributed by atoms with E-state index in [9.17, 15) is 10.1 Å². The van der Waals surface area contributed by atoms with Gasteiger partial charge in [0.2, 0.25) is 17.5 Å². The van der Waals surface area contributed by atoms with Crippen molar-refractivity contribution in [1.82, 2.24) is 24.5 Å². The fraction of sp³-hybridized carbons (Fsp3) is 0.375. The number of anilines is 1. The predicted octanol–water partition coefficient (Wildman–Crippen LogP) is 3.06. The summed E-state index contributed by atoms with van der Waals surface area (Å²) in [5.74, 6) is 1.27. The molecule has 5 heterocycles. The van der Waals surface area contributed by atoms with Gasteiger partial charge in [-0.1, -0.05) is 0 Å². The lowest BCUT2D eigenvalue weighted by Gasteiger charge is -2.34. The van der Waals surface area contributed by atoms with Crippen LogP contribution >= 0.6 is 0 Å². The van der Waals surface area contributed by atoms with Crippen LogP contribution in [-0.4, -0.2) is 56.6 Å². The van der Waals surface area contributed by atoms with E-state index < -0.39 is 0 Å². The van der Waals surface area contributed by atoms with Crippen molar-refractivity contribution < 1.29 is 13.6 Å². The number of carbonyl (C=O) groups is 1. The Morgan fingerprint density at radius 3 is 2.68 bits per heavy atom. The van der Waals surface area contributed by atoms with E-state index in [0.29, 0.717) is 50.7 Å². The maximum atomic E-state index is 13.0. The second-order valence-corrected chi connectivity index (χ2v) is 8.45. The van der Waals surface area contributed by atoms with Gasteiger partial charge in [0.05, 0.1) is 12.0 Å². The highest BCUT2D eigenvalue weighted by Crippen LogP contribution is 2.29. The Balaban J connectivity index is 1.23. The van der Waals surface area contributed by atoms with E-state index in [1.165, 1.54) is 6.26 Å². The number of aromatic nitrogens is 4. The average molecular weight is 460 g/mol. The number of amides is 1. The zero-order valence-electron chi connectivity index (χ0n) is 19.4. The van der Waals surface area contributed by atoms with Crippen LogP contribution in [0.3, 0.4) is 0 Å². The molecule has 34 heavy (non-hydrogen) atoms. The molecule has 0 unspecified atom stereocenters. The molecule has 1 fully saturated rings. The fourth-order valence-corrected chi connectivity index (χ4v) is 4.46. The molecule has 0 aromatic carbocycles. The number of furan rings is 1. The molecular formula is C24H25N7O3. The third-order valence-electron chi connectivity index (χ3n) is 6.24. The normalized spacial score (nSPS) is 14.1. The Kier molecular flexibility index (Phi) is 5.53. The maximum absolute atomic E-state index is 13.0. The smallest absolute Gasteiger partial charge is 0.266 e. The molecular weight excluding hydrogens is 434 g/mol. The van der Waals surface area contributed by atoms with Crippen molar-refractivity contribution in [3.8, 4) is 17.7 Å². The second kappa shape index (κ2) is 8.67. The van der Waals surface area contributed by atoms with Crippen molar-refractivity contribution in [1.29, 1.82) is 5.26 Å². The van der Waals surface area contributed by atoms with Crippen LogP contribution in [-0.2, 0) is 11.2 Å². The highest BCUT2D eigenvalue weighted by Gasteiger charge is 2.27. The molecule has 1 aliphatic rings. The molecule has 0 atom stereocenters. The first-order valence-electron chi connectivity index (χ1n) is 11.2. The number of nitriles is 1. The van der Waals surface area contributed by atoms with E-state index in [1.807, 2.05) is 41.2 Å². The molecule has 1 amide bonds. The minimum atomic E-state index is 0.101. The first-order chi connectivity index (χ1) is 16.4. The van der Waals surface area contributed by atoms with Gasteiger partial charge in [-0.2, -0.15) is 15.3 Å². The van der Waals surface area contributed by atoms with Gasteiger partial charge in [0, 0.05) is 50.1 Å². The summed E-state index contributed by atoms with van der Waals surface area (Å²) in [5, 5.41) is 14.0. The van der Waals surface area contributed by atoms with E-state index in [-0.39, 0.29) is 17.5 Å². The molecule has 4 aromatic rings. The van der Waals surface area contributed by atoms with Crippen LogP contribution in [0.2, 0.25) is 0 Å². The summed E-state index contributed by atoms with van der Waals surface area (Å²) in [7, 11) is 0. The molecule has 4 aromatic heterocycles. The zero-order chi connectivity index (χ0) is 23.8. The van der Waals surface area contributed by atoms with Crippen LogP contribution in [0.5, 0.6) is 0 Å². The number of hydrogen-bond donors (Lipinski definition) is 0. The molecule has 0 aliphatic carbocycles. The third kappa shape index (κ3) is 3.90.